The van der Waals surface area contributed by atoms with E-state index in [4.69, 9.17) is 10.9 Å². The third kappa shape index (κ3) is 3.46. The van der Waals surface area contributed by atoms with E-state index in [2.05, 4.69) is 5.32 Å². The molecule has 0 amide bonds. The van der Waals surface area contributed by atoms with Crippen molar-refractivity contribution in [1.82, 2.24) is 0 Å². The number of hydrogen-bond acceptors (Lipinski definition) is 4. The van der Waals surface area contributed by atoms with E-state index in [0.717, 1.165) is 5.56 Å². The van der Waals surface area contributed by atoms with E-state index in [9.17, 15) is 8.42 Å². The van der Waals surface area contributed by atoms with Gasteiger partial charge in [-0.15, -0.1) is 0 Å². The standard InChI is InChI=1S/C13H15N3O2S/c14-12-8-11(19(15,17)18)6-7-13(12)16-9-10-4-2-1-3-5-10/h1-8,16H,9,14H2,(H2,15,17,18). The van der Waals surface area contributed by atoms with Gasteiger partial charge in [-0.1, -0.05) is 30.3 Å². The number of anilines is 2. The van der Waals surface area contributed by atoms with Crippen LogP contribution in [0.2, 0.25) is 0 Å². The first-order chi connectivity index (χ1) is 8.97. The summed E-state index contributed by atoms with van der Waals surface area (Å²) in [5, 5.41) is 8.18. The number of sulfonamides is 1. The van der Waals surface area contributed by atoms with Crippen LogP contribution in [0.25, 0.3) is 0 Å². The Bertz CT molecular complexity index is 670. The quantitative estimate of drug-likeness (QED) is 0.738. The lowest BCUT2D eigenvalue weighted by molar-refractivity contribution is 0.598. The molecule has 19 heavy (non-hydrogen) atoms. The van der Waals surface area contributed by atoms with Crippen molar-refractivity contribution in [3.8, 4) is 0 Å². The van der Waals surface area contributed by atoms with Crippen molar-refractivity contribution in [2.24, 2.45) is 5.14 Å². The van der Waals surface area contributed by atoms with E-state index in [0.29, 0.717) is 17.9 Å². The Balaban J connectivity index is 2.14. The number of nitrogen functional groups attached to an aromatic ring is 1. The molecule has 0 heterocycles. The molecule has 0 atom stereocenters. The smallest absolute Gasteiger partial charge is 0.238 e. The summed E-state index contributed by atoms with van der Waals surface area (Å²) in [4.78, 5) is 0.00950. The third-order valence-electron chi connectivity index (χ3n) is 2.68. The van der Waals surface area contributed by atoms with Crippen molar-refractivity contribution >= 4 is 21.4 Å². The highest BCUT2D eigenvalue weighted by Gasteiger charge is 2.09. The van der Waals surface area contributed by atoms with Crippen LogP contribution in [0, 0.1) is 0 Å². The molecule has 2 aromatic rings. The maximum Gasteiger partial charge on any atom is 0.238 e. The summed E-state index contributed by atoms with van der Waals surface area (Å²) < 4.78 is 22.4. The molecule has 0 saturated carbocycles. The lowest BCUT2D eigenvalue weighted by Crippen LogP contribution is -2.13. The van der Waals surface area contributed by atoms with Crippen molar-refractivity contribution in [2.75, 3.05) is 11.1 Å². The van der Waals surface area contributed by atoms with Crippen molar-refractivity contribution in [3.63, 3.8) is 0 Å². The fourth-order valence-electron chi connectivity index (χ4n) is 1.67. The molecular formula is C13H15N3O2S. The molecule has 6 heteroatoms. The molecular weight excluding hydrogens is 262 g/mol. The van der Waals surface area contributed by atoms with Crippen LogP contribution in [-0.4, -0.2) is 8.42 Å². The largest absolute Gasteiger partial charge is 0.397 e. The predicted molar refractivity (Wildman–Crippen MR) is 76.0 cm³/mol. The fourth-order valence-corrected chi connectivity index (χ4v) is 2.22. The lowest BCUT2D eigenvalue weighted by Gasteiger charge is -2.10. The summed E-state index contributed by atoms with van der Waals surface area (Å²) >= 11 is 0. The molecule has 0 radical (unpaired) electrons. The number of nitrogens with two attached hydrogens (primary N) is 2. The number of hydrogen-bond donors (Lipinski definition) is 3. The highest BCUT2D eigenvalue weighted by atomic mass is 32.2. The number of primary sulfonamides is 1. The van der Waals surface area contributed by atoms with Gasteiger partial charge < -0.3 is 11.1 Å². The molecule has 0 saturated heterocycles. The zero-order chi connectivity index (χ0) is 13.9. The van der Waals surface area contributed by atoms with Crippen LogP contribution < -0.4 is 16.2 Å². The Labute approximate surface area is 112 Å². The van der Waals surface area contributed by atoms with E-state index < -0.39 is 10.0 Å². The molecule has 0 aliphatic rings. The lowest BCUT2D eigenvalue weighted by atomic mass is 10.2. The van der Waals surface area contributed by atoms with Crippen LogP contribution in [0.1, 0.15) is 5.56 Å². The van der Waals surface area contributed by atoms with Gasteiger partial charge in [0, 0.05) is 6.54 Å². The fraction of sp³-hybridized carbons (Fsp3) is 0.0769. The minimum absolute atomic E-state index is 0.00950. The molecule has 0 unspecified atom stereocenters. The van der Waals surface area contributed by atoms with E-state index in [1.807, 2.05) is 30.3 Å². The van der Waals surface area contributed by atoms with Gasteiger partial charge in [-0.2, -0.15) is 0 Å². The van der Waals surface area contributed by atoms with Crippen molar-refractivity contribution < 1.29 is 8.42 Å². The van der Waals surface area contributed by atoms with E-state index >= 15 is 0 Å². The molecule has 0 aromatic heterocycles. The molecule has 0 aliphatic carbocycles. The second-order valence-electron chi connectivity index (χ2n) is 4.13. The minimum Gasteiger partial charge on any atom is -0.397 e. The first kappa shape index (κ1) is 13.4. The van der Waals surface area contributed by atoms with Crippen LogP contribution in [0.3, 0.4) is 0 Å². The summed E-state index contributed by atoms with van der Waals surface area (Å²) in [6.07, 6.45) is 0. The Morgan fingerprint density at radius 2 is 1.74 bits per heavy atom. The van der Waals surface area contributed by atoms with Crippen LogP contribution in [0.15, 0.2) is 53.4 Å². The number of benzene rings is 2. The highest BCUT2D eigenvalue weighted by molar-refractivity contribution is 7.89. The van der Waals surface area contributed by atoms with Gasteiger partial charge in [-0.25, -0.2) is 13.6 Å². The third-order valence-corrected chi connectivity index (χ3v) is 3.59. The molecule has 0 spiro atoms. The summed E-state index contributed by atoms with van der Waals surface area (Å²) in [7, 11) is -3.72. The first-order valence-electron chi connectivity index (χ1n) is 5.67. The number of nitrogens with one attached hydrogen (secondary N) is 1. The van der Waals surface area contributed by atoms with Crippen LogP contribution in [0.5, 0.6) is 0 Å². The first-order valence-corrected chi connectivity index (χ1v) is 7.21. The molecule has 5 N–H and O–H groups in total. The summed E-state index contributed by atoms with van der Waals surface area (Å²) in [5.41, 5.74) is 7.94. The highest BCUT2D eigenvalue weighted by Crippen LogP contribution is 2.22. The average Bonchev–Trinajstić information content (AvgIpc) is 2.37. The van der Waals surface area contributed by atoms with Crippen molar-refractivity contribution in [3.05, 3.63) is 54.1 Å². The van der Waals surface area contributed by atoms with Gasteiger partial charge >= 0.3 is 0 Å². The van der Waals surface area contributed by atoms with Gasteiger partial charge in [0.2, 0.25) is 10.0 Å². The Hall–Kier alpha value is -2.05. The maximum atomic E-state index is 11.2. The predicted octanol–water partition coefficient (Wildman–Crippen LogP) is 1.53. The molecule has 2 rings (SSSR count). The van der Waals surface area contributed by atoms with E-state index in [1.165, 1.54) is 12.1 Å². The second kappa shape index (κ2) is 5.29. The van der Waals surface area contributed by atoms with Crippen LogP contribution >= 0.6 is 0 Å². The number of rotatable bonds is 4. The van der Waals surface area contributed by atoms with Gasteiger partial charge in [0.05, 0.1) is 16.3 Å². The van der Waals surface area contributed by atoms with Gasteiger partial charge in [0.15, 0.2) is 0 Å². The monoisotopic (exact) mass is 277 g/mol. The molecule has 0 aliphatic heterocycles. The van der Waals surface area contributed by atoms with Crippen molar-refractivity contribution in [2.45, 2.75) is 11.4 Å². The molecule has 100 valence electrons. The second-order valence-corrected chi connectivity index (χ2v) is 5.69. The summed E-state index contributed by atoms with van der Waals surface area (Å²) in [6.45, 7) is 0.611. The minimum atomic E-state index is -3.72. The van der Waals surface area contributed by atoms with Gasteiger partial charge in [-0.3, -0.25) is 0 Å². The van der Waals surface area contributed by atoms with Crippen LogP contribution in [-0.2, 0) is 16.6 Å². The van der Waals surface area contributed by atoms with Gasteiger partial charge in [0.25, 0.3) is 0 Å². The normalized spacial score (nSPS) is 11.2. The van der Waals surface area contributed by atoms with Crippen molar-refractivity contribution in [1.29, 1.82) is 0 Å². The molecule has 5 nitrogen and oxygen atoms in total. The Kier molecular flexibility index (Phi) is 3.73. The van der Waals surface area contributed by atoms with Gasteiger partial charge in [0.1, 0.15) is 0 Å². The molecule has 0 bridgehead atoms. The van der Waals surface area contributed by atoms with E-state index in [-0.39, 0.29) is 4.90 Å². The molecule has 0 fully saturated rings. The molecule has 2 aromatic carbocycles. The van der Waals surface area contributed by atoms with Crippen LogP contribution in [0.4, 0.5) is 11.4 Å². The zero-order valence-electron chi connectivity index (χ0n) is 10.2. The summed E-state index contributed by atoms with van der Waals surface area (Å²) in [5.74, 6) is 0. The SMILES string of the molecule is Nc1cc(S(N)(=O)=O)ccc1NCc1ccccc1. The van der Waals surface area contributed by atoms with E-state index in [1.54, 1.807) is 6.07 Å². The zero-order valence-corrected chi connectivity index (χ0v) is 11.0. The topological polar surface area (TPSA) is 98.2 Å². The van der Waals surface area contributed by atoms with Gasteiger partial charge in [-0.05, 0) is 23.8 Å². The Morgan fingerprint density at radius 3 is 2.32 bits per heavy atom. The summed E-state index contributed by atoms with van der Waals surface area (Å²) in [6, 6.07) is 14.2. The Morgan fingerprint density at radius 1 is 1.05 bits per heavy atom. The average molecular weight is 277 g/mol. The maximum absolute atomic E-state index is 11.2.